The predicted octanol–water partition coefficient (Wildman–Crippen LogP) is 0.299. The van der Waals surface area contributed by atoms with E-state index < -0.39 is 0 Å². The van der Waals surface area contributed by atoms with Crippen LogP contribution >= 0.6 is 0 Å². The van der Waals surface area contributed by atoms with E-state index in [1.807, 2.05) is 10.6 Å². The molecule has 0 radical (unpaired) electrons. The van der Waals surface area contributed by atoms with Crippen LogP contribution in [0.25, 0.3) is 5.65 Å². The Bertz CT molecular complexity index is 507. The molecule has 17 heavy (non-hydrogen) atoms. The smallest absolute Gasteiger partial charge is 0.203 e. The van der Waals surface area contributed by atoms with Gasteiger partial charge in [-0.15, -0.1) is 10.2 Å². The molecule has 1 aliphatic heterocycles. The van der Waals surface area contributed by atoms with Crippen LogP contribution in [0.1, 0.15) is 12.8 Å². The summed E-state index contributed by atoms with van der Waals surface area (Å²) in [6.45, 7) is 2.73. The van der Waals surface area contributed by atoms with Crippen molar-refractivity contribution in [1.29, 1.82) is 0 Å². The van der Waals surface area contributed by atoms with Gasteiger partial charge in [0.1, 0.15) is 6.33 Å². The predicted molar refractivity (Wildman–Crippen MR) is 64.8 cm³/mol. The van der Waals surface area contributed by atoms with Gasteiger partial charge in [-0.1, -0.05) is 0 Å². The van der Waals surface area contributed by atoms with E-state index in [1.54, 1.807) is 12.5 Å². The molecule has 1 atom stereocenters. The van der Waals surface area contributed by atoms with Gasteiger partial charge in [0.2, 0.25) is 5.65 Å². The van der Waals surface area contributed by atoms with E-state index in [9.17, 15) is 0 Å². The van der Waals surface area contributed by atoms with E-state index in [0.29, 0.717) is 5.92 Å². The molecule has 0 amide bonds. The molecule has 0 spiro atoms. The molecule has 3 heterocycles. The van der Waals surface area contributed by atoms with Crippen LogP contribution in [0, 0.1) is 5.92 Å². The second-order valence-electron chi connectivity index (χ2n) is 4.50. The SMILES string of the molecule is NC[C@H]1CCCN(c2nccn3cnnc23)C1. The van der Waals surface area contributed by atoms with Gasteiger partial charge in [0.25, 0.3) is 0 Å². The van der Waals surface area contributed by atoms with Crippen molar-refractivity contribution < 1.29 is 0 Å². The molecule has 1 saturated heterocycles. The molecular formula is C11H16N6. The van der Waals surface area contributed by atoms with E-state index in [4.69, 9.17) is 5.73 Å². The van der Waals surface area contributed by atoms with Crippen molar-refractivity contribution in [3.8, 4) is 0 Å². The number of hydrogen-bond donors (Lipinski definition) is 1. The number of fused-ring (bicyclic) bond motifs is 1. The highest BCUT2D eigenvalue weighted by atomic mass is 15.3. The largest absolute Gasteiger partial charge is 0.353 e. The second-order valence-corrected chi connectivity index (χ2v) is 4.50. The van der Waals surface area contributed by atoms with Crippen LogP contribution in [0.2, 0.25) is 0 Å². The number of nitrogens with two attached hydrogens (primary N) is 1. The van der Waals surface area contributed by atoms with Gasteiger partial charge in [0.15, 0.2) is 5.82 Å². The van der Waals surface area contributed by atoms with Crippen LogP contribution in [-0.4, -0.2) is 39.2 Å². The summed E-state index contributed by atoms with van der Waals surface area (Å²) >= 11 is 0. The molecule has 90 valence electrons. The minimum Gasteiger partial charge on any atom is -0.353 e. The van der Waals surface area contributed by atoms with Gasteiger partial charge in [-0.3, -0.25) is 4.40 Å². The van der Waals surface area contributed by atoms with Crippen molar-refractivity contribution in [2.45, 2.75) is 12.8 Å². The minimum absolute atomic E-state index is 0.564. The number of aromatic nitrogens is 4. The summed E-state index contributed by atoms with van der Waals surface area (Å²) in [5, 5.41) is 8.04. The molecule has 2 N–H and O–H groups in total. The Balaban J connectivity index is 1.94. The fourth-order valence-corrected chi connectivity index (χ4v) is 2.42. The lowest BCUT2D eigenvalue weighted by Gasteiger charge is -2.32. The average Bonchev–Trinajstić information content (AvgIpc) is 2.87. The lowest BCUT2D eigenvalue weighted by atomic mass is 9.98. The molecule has 0 unspecified atom stereocenters. The Morgan fingerprint density at radius 3 is 3.29 bits per heavy atom. The van der Waals surface area contributed by atoms with Gasteiger partial charge in [-0.25, -0.2) is 4.98 Å². The van der Waals surface area contributed by atoms with E-state index in [1.165, 1.54) is 12.8 Å². The third-order valence-corrected chi connectivity index (χ3v) is 3.35. The molecule has 0 bridgehead atoms. The topological polar surface area (TPSA) is 72.3 Å². The van der Waals surface area contributed by atoms with Crippen LogP contribution in [0.3, 0.4) is 0 Å². The summed E-state index contributed by atoms with van der Waals surface area (Å²) in [7, 11) is 0. The summed E-state index contributed by atoms with van der Waals surface area (Å²) in [6.07, 6.45) is 7.73. The Kier molecular flexibility index (Phi) is 2.64. The molecular weight excluding hydrogens is 216 g/mol. The van der Waals surface area contributed by atoms with Gasteiger partial charge in [0, 0.05) is 25.5 Å². The van der Waals surface area contributed by atoms with E-state index >= 15 is 0 Å². The summed E-state index contributed by atoms with van der Waals surface area (Å²) in [4.78, 5) is 6.70. The lowest BCUT2D eigenvalue weighted by Crippen LogP contribution is -2.39. The molecule has 1 fully saturated rings. The first-order chi connectivity index (χ1) is 8.38. The number of piperidine rings is 1. The quantitative estimate of drug-likeness (QED) is 0.806. The molecule has 6 nitrogen and oxygen atoms in total. The Morgan fingerprint density at radius 1 is 1.47 bits per heavy atom. The van der Waals surface area contributed by atoms with Crippen molar-refractivity contribution in [3.05, 3.63) is 18.7 Å². The van der Waals surface area contributed by atoms with Crippen LogP contribution < -0.4 is 10.6 Å². The average molecular weight is 232 g/mol. The first-order valence-corrected chi connectivity index (χ1v) is 5.98. The Morgan fingerprint density at radius 2 is 2.41 bits per heavy atom. The molecule has 2 aromatic rings. The second kappa shape index (κ2) is 4.29. The molecule has 2 aromatic heterocycles. The maximum Gasteiger partial charge on any atom is 0.203 e. The maximum absolute atomic E-state index is 5.76. The van der Waals surface area contributed by atoms with Gasteiger partial charge in [0.05, 0.1) is 0 Å². The molecule has 3 rings (SSSR count). The zero-order valence-corrected chi connectivity index (χ0v) is 9.66. The summed E-state index contributed by atoms with van der Waals surface area (Å²) in [5.41, 5.74) is 6.58. The molecule has 1 aliphatic rings. The van der Waals surface area contributed by atoms with Crippen molar-refractivity contribution >= 4 is 11.5 Å². The van der Waals surface area contributed by atoms with Crippen LogP contribution in [0.4, 0.5) is 5.82 Å². The zero-order chi connectivity index (χ0) is 11.7. The number of hydrogen-bond acceptors (Lipinski definition) is 5. The van der Waals surface area contributed by atoms with Gasteiger partial charge >= 0.3 is 0 Å². The molecule has 0 saturated carbocycles. The number of anilines is 1. The van der Waals surface area contributed by atoms with Crippen LogP contribution in [0.5, 0.6) is 0 Å². The molecule has 0 aromatic carbocycles. The highest BCUT2D eigenvalue weighted by Gasteiger charge is 2.22. The lowest BCUT2D eigenvalue weighted by molar-refractivity contribution is 0.422. The fourth-order valence-electron chi connectivity index (χ4n) is 2.42. The number of nitrogens with zero attached hydrogens (tertiary/aromatic N) is 5. The highest BCUT2D eigenvalue weighted by molar-refractivity contribution is 5.63. The molecule has 6 heteroatoms. The van der Waals surface area contributed by atoms with Crippen molar-refractivity contribution in [1.82, 2.24) is 19.6 Å². The summed E-state index contributed by atoms with van der Waals surface area (Å²) < 4.78 is 1.90. The summed E-state index contributed by atoms with van der Waals surface area (Å²) in [6, 6.07) is 0. The van der Waals surface area contributed by atoms with E-state index in [2.05, 4.69) is 20.1 Å². The first-order valence-electron chi connectivity index (χ1n) is 5.98. The third-order valence-electron chi connectivity index (χ3n) is 3.35. The zero-order valence-electron chi connectivity index (χ0n) is 9.66. The minimum atomic E-state index is 0.564. The van der Waals surface area contributed by atoms with E-state index in [-0.39, 0.29) is 0 Å². The van der Waals surface area contributed by atoms with Crippen molar-refractivity contribution in [3.63, 3.8) is 0 Å². The van der Waals surface area contributed by atoms with E-state index in [0.717, 1.165) is 31.1 Å². The standard InChI is InChI=1S/C11H16N6/c12-6-9-2-1-4-16(7-9)10-11-15-14-8-17(11)5-3-13-10/h3,5,8-9H,1-2,4,6-7,12H2/t9-/m1/s1. The highest BCUT2D eigenvalue weighted by Crippen LogP contribution is 2.23. The number of rotatable bonds is 2. The Hall–Kier alpha value is -1.69. The van der Waals surface area contributed by atoms with Gasteiger partial charge in [-0.2, -0.15) is 0 Å². The third kappa shape index (κ3) is 1.84. The monoisotopic (exact) mass is 232 g/mol. The normalized spacial score (nSPS) is 21.0. The van der Waals surface area contributed by atoms with Crippen molar-refractivity contribution in [2.75, 3.05) is 24.5 Å². The van der Waals surface area contributed by atoms with Crippen LogP contribution in [-0.2, 0) is 0 Å². The van der Waals surface area contributed by atoms with Crippen LogP contribution in [0.15, 0.2) is 18.7 Å². The maximum atomic E-state index is 5.76. The summed E-state index contributed by atoms with van der Waals surface area (Å²) in [5.74, 6) is 1.48. The van der Waals surface area contributed by atoms with Gasteiger partial charge < -0.3 is 10.6 Å². The first kappa shape index (κ1) is 10.5. The van der Waals surface area contributed by atoms with Crippen molar-refractivity contribution in [2.24, 2.45) is 11.7 Å². The Labute approximate surface area is 99.5 Å². The molecule has 0 aliphatic carbocycles. The van der Waals surface area contributed by atoms with Gasteiger partial charge in [-0.05, 0) is 25.3 Å². The fraction of sp³-hybridized carbons (Fsp3) is 0.545.